The molecule has 0 aliphatic heterocycles. The number of anilines is 1. The second kappa shape index (κ2) is 4.14. The quantitative estimate of drug-likeness (QED) is 0.880. The monoisotopic (exact) mass is 294 g/mol. The van der Waals surface area contributed by atoms with Crippen molar-refractivity contribution in [2.45, 2.75) is 26.2 Å². The third kappa shape index (κ3) is 2.49. The van der Waals surface area contributed by atoms with Gasteiger partial charge in [-0.05, 0) is 28.1 Å². The van der Waals surface area contributed by atoms with Gasteiger partial charge in [0.15, 0.2) is 5.82 Å². The number of halogens is 1. The summed E-state index contributed by atoms with van der Waals surface area (Å²) in [7, 11) is 0. The minimum absolute atomic E-state index is 0.0648. The minimum atomic E-state index is -0.0648. The summed E-state index contributed by atoms with van der Waals surface area (Å²) >= 11 is 3.35. The standard InChI is InChI=1S/C12H15BrN4/c1-12(2,3)11-9(14)7-17(16-11)10-5-4-8(13)6-15-10/h4-7H,14H2,1-3H3. The van der Waals surface area contributed by atoms with E-state index in [9.17, 15) is 0 Å². The van der Waals surface area contributed by atoms with Crippen molar-refractivity contribution in [3.63, 3.8) is 0 Å². The lowest BCUT2D eigenvalue weighted by atomic mass is 9.92. The molecule has 2 heterocycles. The zero-order chi connectivity index (χ0) is 12.6. The molecule has 90 valence electrons. The summed E-state index contributed by atoms with van der Waals surface area (Å²) in [5.41, 5.74) is 7.50. The van der Waals surface area contributed by atoms with Gasteiger partial charge >= 0.3 is 0 Å². The van der Waals surface area contributed by atoms with Gasteiger partial charge in [-0.3, -0.25) is 0 Å². The van der Waals surface area contributed by atoms with Crippen LogP contribution in [0, 0.1) is 0 Å². The summed E-state index contributed by atoms with van der Waals surface area (Å²) < 4.78 is 2.65. The topological polar surface area (TPSA) is 56.7 Å². The zero-order valence-electron chi connectivity index (χ0n) is 10.1. The van der Waals surface area contributed by atoms with Crippen LogP contribution in [-0.4, -0.2) is 14.8 Å². The maximum Gasteiger partial charge on any atom is 0.153 e. The SMILES string of the molecule is CC(C)(C)c1nn(-c2ccc(Br)cn2)cc1N. The molecular formula is C12H15BrN4. The first kappa shape index (κ1) is 12.1. The van der Waals surface area contributed by atoms with E-state index in [1.807, 2.05) is 12.1 Å². The van der Waals surface area contributed by atoms with E-state index in [1.54, 1.807) is 17.1 Å². The van der Waals surface area contributed by atoms with Crippen molar-refractivity contribution in [2.75, 3.05) is 5.73 Å². The second-order valence-electron chi connectivity index (χ2n) is 4.96. The van der Waals surface area contributed by atoms with E-state index in [2.05, 4.69) is 46.8 Å². The molecule has 2 rings (SSSR count). The van der Waals surface area contributed by atoms with Gasteiger partial charge in [0.05, 0.1) is 17.6 Å². The molecule has 0 unspecified atom stereocenters. The molecule has 0 fully saturated rings. The third-order valence-corrected chi connectivity index (χ3v) is 2.87. The average molecular weight is 295 g/mol. The average Bonchev–Trinajstić information content (AvgIpc) is 2.61. The highest BCUT2D eigenvalue weighted by molar-refractivity contribution is 9.10. The van der Waals surface area contributed by atoms with Crippen LogP contribution in [0.1, 0.15) is 26.5 Å². The van der Waals surface area contributed by atoms with E-state index < -0.39 is 0 Å². The Bertz CT molecular complexity index is 522. The van der Waals surface area contributed by atoms with E-state index in [0.717, 1.165) is 16.0 Å². The molecule has 0 amide bonds. The number of rotatable bonds is 1. The molecule has 5 heteroatoms. The molecule has 2 N–H and O–H groups in total. The summed E-state index contributed by atoms with van der Waals surface area (Å²) in [5.74, 6) is 0.760. The molecule has 0 aromatic carbocycles. The van der Waals surface area contributed by atoms with Gasteiger partial charge in [-0.2, -0.15) is 5.10 Å². The first-order chi connectivity index (χ1) is 7.88. The lowest BCUT2D eigenvalue weighted by molar-refractivity contribution is 0.561. The largest absolute Gasteiger partial charge is 0.396 e. The molecule has 2 aromatic rings. The molecule has 4 nitrogen and oxygen atoms in total. The van der Waals surface area contributed by atoms with Crippen LogP contribution >= 0.6 is 15.9 Å². The van der Waals surface area contributed by atoms with Gasteiger partial charge in [-0.25, -0.2) is 9.67 Å². The molecular weight excluding hydrogens is 280 g/mol. The van der Waals surface area contributed by atoms with Crippen molar-refractivity contribution in [1.29, 1.82) is 0 Å². The molecule has 0 aliphatic rings. The second-order valence-corrected chi connectivity index (χ2v) is 5.88. The molecule has 0 saturated carbocycles. The summed E-state index contributed by atoms with van der Waals surface area (Å²) in [6.45, 7) is 6.27. The van der Waals surface area contributed by atoms with Crippen LogP contribution in [0.4, 0.5) is 5.69 Å². The predicted molar refractivity (Wildman–Crippen MR) is 72.2 cm³/mol. The summed E-state index contributed by atoms with van der Waals surface area (Å²) in [6.07, 6.45) is 3.54. The third-order valence-electron chi connectivity index (χ3n) is 2.40. The number of pyridine rings is 1. The van der Waals surface area contributed by atoms with Gasteiger partial charge in [-0.1, -0.05) is 20.8 Å². The highest BCUT2D eigenvalue weighted by Crippen LogP contribution is 2.26. The van der Waals surface area contributed by atoms with E-state index in [1.165, 1.54) is 0 Å². The molecule has 0 bridgehead atoms. The fourth-order valence-corrected chi connectivity index (χ4v) is 1.83. The van der Waals surface area contributed by atoms with Crippen LogP contribution in [0.2, 0.25) is 0 Å². The van der Waals surface area contributed by atoms with E-state index in [-0.39, 0.29) is 5.41 Å². The van der Waals surface area contributed by atoms with Crippen LogP contribution in [-0.2, 0) is 5.41 Å². The van der Waals surface area contributed by atoms with Gasteiger partial charge in [0.25, 0.3) is 0 Å². The first-order valence-electron chi connectivity index (χ1n) is 5.35. The lowest BCUT2D eigenvalue weighted by Crippen LogP contribution is -2.14. The highest BCUT2D eigenvalue weighted by Gasteiger charge is 2.21. The van der Waals surface area contributed by atoms with Gasteiger partial charge in [0.1, 0.15) is 0 Å². The Kier molecular flexibility index (Phi) is 2.95. The number of nitrogens with zero attached hydrogens (tertiary/aromatic N) is 3. The summed E-state index contributed by atoms with van der Waals surface area (Å²) in [5, 5.41) is 4.49. The van der Waals surface area contributed by atoms with Crippen molar-refractivity contribution in [3.05, 3.63) is 34.7 Å². The van der Waals surface area contributed by atoms with Crippen LogP contribution in [0.3, 0.4) is 0 Å². The number of aromatic nitrogens is 3. The Hall–Kier alpha value is -1.36. The molecule has 0 spiro atoms. The molecule has 0 atom stereocenters. The van der Waals surface area contributed by atoms with Gasteiger partial charge in [0, 0.05) is 16.1 Å². The van der Waals surface area contributed by atoms with E-state index in [0.29, 0.717) is 5.69 Å². The lowest BCUT2D eigenvalue weighted by Gasteiger charge is -2.15. The van der Waals surface area contributed by atoms with Gasteiger partial charge in [0.2, 0.25) is 0 Å². The maximum absolute atomic E-state index is 5.97. The minimum Gasteiger partial charge on any atom is -0.396 e. The smallest absolute Gasteiger partial charge is 0.153 e. The highest BCUT2D eigenvalue weighted by atomic mass is 79.9. The van der Waals surface area contributed by atoms with Crippen molar-refractivity contribution in [1.82, 2.24) is 14.8 Å². The number of nitrogen functional groups attached to an aromatic ring is 1. The Balaban J connectivity index is 2.45. The maximum atomic E-state index is 5.97. The van der Waals surface area contributed by atoms with Crippen molar-refractivity contribution >= 4 is 21.6 Å². The number of nitrogens with two attached hydrogens (primary N) is 1. The Morgan fingerprint density at radius 2 is 2.00 bits per heavy atom. The van der Waals surface area contributed by atoms with Crippen molar-refractivity contribution in [2.24, 2.45) is 0 Å². The van der Waals surface area contributed by atoms with Crippen LogP contribution < -0.4 is 5.73 Å². The Morgan fingerprint density at radius 3 is 2.47 bits per heavy atom. The van der Waals surface area contributed by atoms with E-state index >= 15 is 0 Å². The molecule has 0 aliphatic carbocycles. The summed E-state index contributed by atoms with van der Waals surface area (Å²) in [6, 6.07) is 3.82. The van der Waals surface area contributed by atoms with Crippen molar-refractivity contribution in [3.8, 4) is 5.82 Å². The number of hydrogen-bond donors (Lipinski definition) is 1. The molecule has 2 aromatic heterocycles. The van der Waals surface area contributed by atoms with Crippen molar-refractivity contribution < 1.29 is 0 Å². The van der Waals surface area contributed by atoms with Crippen LogP contribution in [0.5, 0.6) is 0 Å². The van der Waals surface area contributed by atoms with Gasteiger partial charge in [-0.15, -0.1) is 0 Å². The molecule has 0 radical (unpaired) electrons. The van der Waals surface area contributed by atoms with Gasteiger partial charge < -0.3 is 5.73 Å². The molecule has 17 heavy (non-hydrogen) atoms. The normalized spacial score (nSPS) is 11.8. The van der Waals surface area contributed by atoms with Crippen LogP contribution in [0.25, 0.3) is 5.82 Å². The number of hydrogen-bond acceptors (Lipinski definition) is 3. The Labute approximate surface area is 109 Å². The summed E-state index contributed by atoms with van der Waals surface area (Å²) in [4.78, 5) is 4.28. The zero-order valence-corrected chi connectivity index (χ0v) is 11.7. The first-order valence-corrected chi connectivity index (χ1v) is 6.15. The Morgan fingerprint density at radius 1 is 1.29 bits per heavy atom. The fraction of sp³-hybridized carbons (Fsp3) is 0.333. The van der Waals surface area contributed by atoms with Crippen LogP contribution in [0.15, 0.2) is 29.0 Å². The fourth-order valence-electron chi connectivity index (χ4n) is 1.59. The van der Waals surface area contributed by atoms with E-state index in [4.69, 9.17) is 5.73 Å². The molecule has 0 saturated heterocycles. The predicted octanol–water partition coefficient (Wildman–Crippen LogP) is 2.91.